The number of carbonyl (C=O) groups is 1. The molecule has 0 aromatic carbocycles. The Labute approximate surface area is 151 Å². The number of aromatic nitrogens is 2. The zero-order valence-electron chi connectivity index (χ0n) is 16.5. The molecule has 0 bridgehead atoms. The molecule has 1 aliphatic rings. The van der Waals surface area contributed by atoms with Gasteiger partial charge in [0, 0.05) is 25.3 Å². The van der Waals surface area contributed by atoms with E-state index in [9.17, 15) is 4.79 Å². The Kier molecular flexibility index (Phi) is 6.87. The van der Waals surface area contributed by atoms with E-state index in [0.717, 1.165) is 51.3 Å². The van der Waals surface area contributed by atoms with Crippen molar-refractivity contribution in [1.82, 2.24) is 20.0 Å². The minimum absolute atomic E-state index is 0.179. The van der Waals surface area contributed by atoms with Crippen LogP contribution in [0.15, 0.2) is 6.07 Å². The average Bonchev–Trinajstić information content (AvgIpc) is 2.83. The monoisotopic (exact) mass is 350 g/mol. The third-order valence-electron chi connectivity index (χ3n) is 4.43. The van der Waals surface area contributed by atoms with E-state index in [1.165, 1.54) is 12.1 Å². The first-order valence-electron chi connectivity index (χ1n) is 9.44. The van der Waals surface area contributed by atoms with Crippen LogP contribution in [0.5, 0.6) is 0 Å². The highest BCUT2D eigenvalue weighted by Crippen LogP contribution is 2.18. The van der Waals surface area contributed by atoms with E-state index in [1.54, 1.807) is 0 Å². The van der Waals surface area contributed by atoms with Crippen LogP contribution in [0, 0.1) is 19.8 Å². The molecule has 142 valence electrons. The minimum atomic E-state index is -0.425. The number of nitrogens with one attached hydrogen (secondary N) is 1. The van der Waals surface area contributed by atoms with E-state index in [1.807, 2.05) is 32.6 Å². The quantitative estimate of drug-likeness (QED) is 0.801. The van der Waals surface area contributed by atoms with Gasteiger partial charge in [0.05, 0.1) is 5.69 Å². The Balaban J connectivity index is 1.65. The van der Waals surface area contributed by atoms with Gasteiger partial charge in [0.25, 0.3) is 0 Å². The molecule has 2 rings (SSSR count). The van der Waals surface area contributed by atoms with Gasteiger partial charge in [-0.05, 0) is 79.0 Å². The highest BCUT2D eigenvalue weighted by atomic mass is 16.6. The van der Waals surface area contributed by atoms with Gasteiger partial charge in [-0.2, -0.15) is 5.10 Å². The molecule has 0 saturated carbocycles. The van der Waals surface area contributed by atoms with E-state index >= 15 is 0 Å². The van der Waals surface area contributed by atoms with Crippen LogP contribution < -0.4 is 5.32 Å². The van der Waals surface area contributed by atoms with Gasteiger partial charge in [0.15, 0.2) is 0 Å². The molecule has 0 aliphatic carbocycles. The number of nitrogens with zero attached hydrogens (tertiary/aromatic N) is 3. The third-order valence-corrected chi connectivity index (χ3v) is 4.43. The van der Waals surface area contributed by atoms with Crippen LogP contribution in [0.1, 0.15) is 51.4 Å². The zero-order valence-corrected chi connectivity index (χ0v) is 16.5. The molecule has 1 atom stereocenters. The van der Waals surface area contributed by atoms with Crippen LogP contribution >= 0.6 is 0 Å². The topological polar surface area (TPSA) is 59.4 Å². The SMILES string of the molecule is Cc1cc(C)n(CCCNCC2CCCN(C(=O)OC(C)(C)C)C2)n1. The number of ether oxygens (including phenoxy) is 1. The second kappa shape index (κ2) is 8.70. The molecule has 0 spiro atoms. The van der Waals surface area contributed by atoms with Crippen LogP contribution in [0.4, 0.5) is 4.79 Å². The number of aryl methyl sites for hydroxylation is 3. The Hall–Kier alpha value is -1.56. The normalized spacial score (nSPS) is 18.4. The smallest absolute Gasteiger partial charge is 0.410 e. The molecule has 0 radical (unpaired) electrons. The van der Waals surface area contributed by atoms with Crippen molar-refractivity contribution in [2.45, 2.75) is 66.0 Å². The van der Waals surface area contributed by atoms with Crippen molar-refractivity contribution in [3.8, 4) is 0 Å². The van der Waals surface area contributed by atoms with E-state index in [-0.39, 0.29) is 6.09 Å². The van der Waals surface area contributed by atoms with Gasteiger partial charge in [-0.3, -0.25) is 4.68 Å². The summed E-state index contributed by atoms with van der Waals surface area (Å²) in [6.45, 7) is 14.3. The maximum atomic E-state index is 12.2. The average molecular weight is 351 g/mol. The number of rotatable bonds is 6. The predicted molar refractivity (Wildman–Crippen MR) is 99.7 cm³/mol. The zero-order chi connectivity index (χ0) is 18.4. The summed E-state index contributed by atoms with van der Waals surface area (Å²) < 4.78 is 7.56. The summed E-state index contributed by atoms with van der Waals surface area (Å²) in [5.74, 6) is 0.509. The summed E-state index contributed by atoms with van der Waals surface area (Å²) >= 11 is 0. The summed E-state index contributed by atoms with van der Waals surface area (Å²) in [4.78, 5) is 14.1. The van der Waals surface area contributed by atoms with Crippen molar-refractivity contribution < 1.29 is 9.53 Å². The molecule has 1 fully saturated rings. The van der Waals surface area contributed by atoms with Crippen molar-refractivity contribution in [2.24, 2.45) is 5.92 Å². The Morgan fingerprint density at radius 3 is 2.80 bits per heavy atom. The largest absolute Gasteiger partial charge is 0.444 e. The van der Waals surface area contributed by atoms with Gasteiger partial charge < -0.3 is 15.0 Å². The summed E-state index contributed by atoms with van der Waals surface area (Å²) in [5, 5.41) is 8.03. The fourth-order valence-electron chi connectivity index (χ4n) is 3.29. The van der Waals surface area contributed by atoms with Crippen LogP contribution in [0.3, 0.4) is 0 Å². The highest BCUT2D eigenvalue weighted by Gasteiger charge is 2.27. The Bertz CT molecular complexity index is 562. The van der Waals surface area contributed by atoms with Crippen molar-refractivity contribution in [2.75, 3.05) is 26.2 Å². The summed E-state index contributed by atoms with van der Waals surface area (Å²) in [6, 6.07) is 2.11. The van der Waals surface area contributed by atoms with Gasteiger partial charge in [-0.25, -0.2) is 4.79 Å². The van der Waals surface area contributed by atoms with E-state index in [2.05, 4.69) is 28.1 Å². The summed E-state index contributed by atoms with van der Waals surface area (Å²) in [6.07, 6.45) is 3.10. The second-order valence-electron chi connectivity index (χ2n) is 8.14. The summed E-state index contributed by atoms with van der Waals surface area (Å²) in [5.41, 5.74) is 1.87. The number of likely N-dealkylation sites (tertiary alicyclic amines) is 1. The molecule has 25 heavy (non-hydrogen) atoms. The number of hydrogen-bond acceptors (Lipinski definition) is 4. The summed E-state index contributed by atoms with van der Waals surface area (Å²) in [7, 11) is 0. The number of carbonyl (C=O) groups excluding carboxylic acids is 1. The van der Waals surface area contributed by atoms with E-state index < -0.39 is 5.60 Å². The molecule has 1 aromatic heterocycles. The minimum Gasteiger partial charge on any atom is -0.444 e. The molecular weight excluding hydrogens is 316 g/mol. The second-order valence-corrected chi connectivity index (χ2v) is 8.14. The lowest BCUT2D eigenvalue weighted by Crippen LogP contribution is -2.45. The van der Waals surface area contributed by atoms with Crippen molar-refractivity contribution in [3.05, 3.63) is 17.5 Å². The number of amides is 1. The Morgan fingerprint density at radius 1 is 1.40 bits per heavy atom. The Morgan fingerprint density at radius 2 is 2.16 bits per heavy atom. The third kappa shape index (κ3) is 6.69. The van der Waals surface area contributed by atoms with Crippen LogP contribution in [-0.2, 0) is 11.3 Å². The molecule has 1 amide bonds. The lowest BCUT2D eigenvalue weighted by molar-refractivity contribution is 0.0166. The molecule has 1 saturated heterocycles. The molecule has 1 unspecified atom stereocenters. The molecule has 2 heterocycles. The number of piperidine rings is 1. The molecular formula is C19H34N4O2. The van der Waals surface area contributed by atoms with E-state index in [4.69, 9.17) is 4.74 Å². The first-order chi connectivity index (χ1) is 11.7. The maximum Gasteiger partial charge on any atom is 0.410 e. The van der Waals surface area contributed by atoms with Gasteiger partial charge in [0.1, 0.15) is 5.60 Å². The van der Waals surface area contributed by atoms with Gasteiger partial charge in [-0.15, -0.1) is 0 Å². The van der Waals surface area contributed by atoms with Crippen molar-refractivity contribution >= 4 is 6.09 Å². The molecule has 6 heteroatoms. The standard InChI is InChI=1S/C19H34N4O2/c1-15-12-16(2)23(21-15)11-7-9-20-13-17-8-6-10-22(14-17)18(24)25-19(3,4)5/h12,17,20H,6-11,13-14H2,1-5H3. The first-order valence-corrected chi connectivity index (χ1v) is 9.44. The molecule has 1 aromatic rings. The lowest BCUT2D eigenvalue weighted by atomic mass is 9.98. The van der Waals surface area contributed by atoms with Crippen molar-refractivity contribution in [3.63, 3.8) is 0 Å². The van der Waals surface area contributed by atoms with Gasteiger partial charge in [-0.1, -0.05) is 0 Å². The predicted octanol–water partition coefficient (Wildman–Crippen LogP) is 3.13. The molecule has 1 aliphatic heterocycles. The van der Waals surface area contributed by atoms with Crippen LogP contribution in [-0.4, -0.2) is 52.6 Å². The fourth-order valence-corrected chi connectivity index (χ4v) is 3.29. The van der Waals surface area contributed by atoms with Crippen LogP contribution in [0.2, 0.25) is 0 Å². The molecule has 6 nitrogen and oxygen atoms in total. The van der Waals surface area contributed by atoms with Crippen LogP contribution in [0.25, 0.3) is 0 Å². The maximum absolute atomic E-state index is 12.2. The van der Waals surface area contributed by atoms with Crippen molar-refractivity contribution in [1.29, 1.82) is 0 Å². The first kappa shape index (κ1) is 19.8. The number of hydrogen-bond donors (Lipinski definition) is 1. The lowest BCUT2D eigenvalue weighted by Gasteiger charge is -2.34. The highest BCUT2D eigenvalue weighted by molar-refractivity contribution is 5.68. The van der Waals surface area contributed by atoms with E-state index in [0.29, 0.717) is 5.92 Å². The van der Waals surface area contributed by atoms with Gasteiger partial charge in [0.2, 0.25) is 0 Å². The fraction of sp³-hybridized carbons (Fsp3) is 0.789. The van der Waals surface area contributed by atoms with Gasteiger partial charge >= 0.3 is 6.09 Å². The molecule has 1 N–H and O–H groups in total.